The molecule has 1 aromatic carbocycles. The molecule has 1 aliphatic heterocycles. The highest BCUT2D eigenvalue weighted by atomic mass is 19.1. The van der Waals surface area contributed by atoms with Gasteiger partial charge < -0.3 is 9.64 Å². The zero-order chi connectivity index (χ0) is 15.2. The number of carbonyl (C=O) groups excluding carboxylic acids is 2. The first-order valence-electron chi connectivity index (χ1n) is 7.25. The molecule has 114 valence electrons. The number of nitrogens with zero attached hydrogens (tertiary/aromatic N) is 1. The van der Waals surface area contributed by atoms with Gasteiger partial charge in [0, 0.05) is 13.0 Å². The number of halogens is 1. The second-order valence-corrected chi connectivity index (χ2v) is 5.39. The summed E-state index contributed by atoms with van der Waals surface area (Å²) in [5.74, 6) is -0.827. The van der Waals surface area contributed by atoms with Crippen LogP contribution in [0.3, 0.4) is 0 Å². The normalized spacial score (nSPS) is 16.1. The highest BCUT2D eigenvalue weighted by Gasteiger charge is 2.21. The Kier molecular flexibility index (Phi) is 5.31. The molecule has 0 aliphatic carbocycles. The molecule has 1 atom stereocenters. The molecule has 4 nitrogen and oxygen atoms in total. The molecule has 0 radical (unpaired) electrons. The lowest BCUT2D eigenvalue weighted by Crippen LogP contribution is -2.30. The van der Waals surface area contributed by atoms with Gasteiger partial charge in [0.15, 0.2) is 0 Å². The van der Waals surface area contributed by atoms with Crippen molar-refractivity contribution in [3.63, 3.8) is 0 Å². The van der Waals surface area contributed by atoms with E-state index in [1.54, 1.807) is 24.0 Å². The highest BCUT2D eigenvalue weighted by Crippen LogP contribution is 2.12. The number of carbonyl (C=O) groups is 2. The third-order valence-electron chi connectivity index (χ3n) is 3.61. The summed E-state index contributed by atoms with van der Waals surface area (Å²) < 4.78 is 18.3. The Morgan fingerprint density at radius 1 is 1.48 bits per heavy atom. The first-order valence-corrected chi connectivity index (χ1v) is 7.25. The smallest absolute Gasteiger partial charge is 0.309 e. The second kappa shape index (κ2) is 7.20. The van der Waals surface area contributed by atoms with Crippen molar-refractivity contribution in [2.24, 2.45) is 5.92 Å². The van der Waals surface area contributed by atoms with Crippen LogP contribution in [-0.2, 0) is 20.7 Å². The van der Waals surface area contributed by atoms with E-state index in [0.717, 1.165) is 18.5 Å². The fourth-order valence-corrected chi connectivity index (χ4v) is 2.44. The van der Waals surface area contributed by atoms with Gasteiger partial charge in [-0.3, -0.25) is 9.59 Å². The summed E-state index contributed by atoms with van der Waals surface area (Å²) in [4.78, 5) is 25.0. The van der Waals surface area contributed by atoms with Crippen LogP contribution in [0, 0.1) is 11.7 Å². The maximum atomic E-state index is 13.1. The van der Waals surface area contributed by atoms with Crippen molar-refractivity contribution in [2.45, 2.75) is 26.2 Å². The van der Waals surface area contributed by atoms with Gasteiger partial charge in [0.05, 0.1) is 12.5 Å². The fraction of sp³-hybridized carbons (Fsp3) is 0.500. The van der Waals surface area contributed by atoms with Crippen molar-refractivity contribution < 1.29 is 18.7 Å². The Bertz CT molecular complexity index is 518. The third kappa shape index (κ3) is 4.55. The molecule has 0 saturated carbocycles. The van der Waals surface area contributed by atoms with E-state index in [9.17, 15) is 14.0 Å². The van der Waals surface area contributed by atoms with E-state index in [1.807, 2.05) is 0 Å². The predicted octanol–water partition coefficient (Wildman–Crippen LogP) is 2.17. The summed E-state index contributed by atoms with van der Waals surface area (Å²) in [6.07, 6.45) is 1.91. The summed E-state index contributed by atoms with van der Waals surface area (Å²) in [5.41, 5.74) is 0.772. The molecule has 1 heterocycles. The molecule has 2 rings (SSSR count). The molecule has 1 fully saturated rings. The maximum absolute atomic E-state index is 13.1. The lowest BCUT2D eigenvalue weighted by molar-refractivity contribution is -0.149. The van der Waals surface area contributed by atoms with Gasteiger partial charge in [-0.2, -0.15) is 0 Å². The van der Waals surface area contributed by atoms with Crippen LogP contribution >= 0.6 is 0 Å². The summed E-state index contributed by atoms with van der Waals surface area (Å²) in [7, 11) is 0. The van der Waals surface area contributed by atoms with Gasteiger partial charge in [0.1, 0.15) is 12.4 Å². The van der Waals surface area contributed by atoms with Crippen LogP contribution in [0.4, 0.5) is 4.39 Å². The zero-order valence-corrected chi connectivity index (χ0v) is 12.2. The molecule has 1 saturated heterocycles. The van der Waals surface area contributed by atoms with Gasteiger partial charge in [0.2, 0.25) is 5.91 Å². The van der Waals surface area contributed by atoms with Crippen LogP contribution in [0.5, 0.6) is 0 Å². The van der Waals surface area contributed by atoms with Gasteiger partial charge in [0.25, 0.3) is 0 Å². The molecule has 0 aromatic heterocycles. The maximum Gasteiger partial charge on any atom is 0.309 e. The Morgan fingerprint density at radius 2 is 2.29 bits per heavy atom. The second-order valence-electron chi connectivity index (χ2n) is 5.39. The molecule has 1 unspecified atom stereocenters. The fourth-order valence-electron chi connectivity index (χ4n) is 2.44. The quantitative estimate of drug-likeness (QED) is 0.755. The van der Waals surface area contributed by atoms with Gasteiger partial charge in [-0.1, -0.05) is 19.1 Å². The van der Waals surface area contributed by atoms with Crippen molar-refractivity contribution in [3.8, 4) is 0 Å². The lowest BCUT2D eigenvalue weighted by Gasteiger charge is -2.16. The van der Waals surface area contributed by atoms with Crippen LogP contribution in [0.1, 0.15) is 25.3 Å². The van der Waals surface area contributed by atoms with Gasteiger partial charge >= 0.3 is 5.97 Å². The molecule has 0 spiro atoms. The van der Waals surface area contributed by atoms with Crippen LogP contribution in [0.25, 0.3) is 0 Å². The first kappa shape index (κ1) is 15.5. The van der Waals surface area contributed by atoms with Crippen LogP contribution < -0.4 is 0 Å². The van der Waals surface area contributed by atoms with Crippen molar-refractivity contribution in [2.75, 3.05) is 19.7 Å². The van der Waals surface area contributed by atoms with Crippen molar-refractivity contribution >= 4 is 11.9 Å². The zero-order valence-electron chi connectivity index (χ0n) is 12.2. The molecule has 0 bridgehead atoms. The van der Waals surface area contributed by atoms with Gasteiger partial charge in [-0.25, -0.2) is 4.39 Å². The monoisotopic (exact) mass is 293 g/mol. The Labute approximate surface area is 123 Å². The van der Waals surface area contributed by atoms with E-state index in [-0.39, 0.29) is 30.2 Å². The molecule has 1 aromatic rings. The lowest BCUT2D eigenvalue weighted by atomic mass is 10.0. The highest BCUT2D eigenvalue weighted by molar-refractivity contribution is 5.78. The number of rotatable bonds is 6. The average Bonchev–Trinajstić information content (AvgIpc) is 2.84. The minimum absolute atomic E-state index is 0.124. The van der Waals surface area contributed by atoms with Crippen molar-refractivity contribution in [1.29, 1.82) is 0 Å². The molecule has 21 heavy (non-hydrogen) atoms. The topological polar surface area (TPSA) is 46.6 Å². The first-order chi connectivity index (χ1) is 10.1. The Hall–Kier alpha value is -1.91. The number of amides is 1. The van der Waals surface area contributed by atoms with Crippen LogP contribution in [-0.4, -0.2) is 36.5 Å². The Morgan fingerprint density at radius 3 is 2.95 bits per heavy atom. The number of esters is 1. The number of hydrogen-bond acceptors (Lipinski definition) is 3. The molecular weight excluding hydrogens is 273 g/mol. The number of ether oxygens (including phenoxy) is 1. The Balaban J connectivity index is 1.73. The number of likely N-dealkylation sites (tertiary alicyclic amines) is 1. The molecule has 1 aliphatic rings. The molecule has 1 amide bonds. The van der Waals surface area contributed by atoms with E-state index < -0.39 is 0 Å². The minimum atomic E-state index is -0.332. The summed E-state index contributed by atoms with van der Waals surface area (Å²) >= 11 is 0. The minimum Gasteiger partial charge on any atom is -0.464 e. The third-order valence-corrected chi connectivity index (χ3v) is 3.61. The molecule has 0 N–H and O–H groups in total. The van der Waals surface area contributed by atoms with Crippen molar-refractivity contribution in [1.82, 2.24) is 4.90 Å². The summed E-state index contributed by atoms with van der Waals surface area (Å²) in [6.45, 7) is 3.18. The van der Waals surface area contributed by atoms with Crippen molar-refractivity contribution in [3.05, 3.63) is 35.6 Å². The SMILES string of the molecule is CC(Cc1cccc(F)c1)C(=O)OCCN1CCCC1=O. The van der Waals surface area contributed by atoms with E-state index in [4.69, 9.17) is 4.74 Å². The number of hydrogen-bond donors (Lipinski definition) is 0. The molecule has 5 heteroatoms. The van der Waals surface area contributed by atoms with Gasteiger partial charge in [-0.15, -0.1) is 0 Å². The largest absolute Gasteiger partial charge is 0.464 e. The molecular formula is C16H20FNO3. The van der Waals surface area contributed by atoms with Crippen LogP contribution in [0.15, 0.2) is 24.3 Å². The van der Waals surface area contributed by atoms with Crippen LogP contribution in [0.2, 0.25) is 0 Å². The standard InChI is InChI=1S/C16H20FNO3/c1-12(10-13-4-2-5-14(17)11-13)16(20)21-9-8-18-7-3-6-15(18)19/h2,4-5,11-12H,3,6-10H2,1H3. The van der Waals surface area contributed by atoms with E-state index >= 15 is 0 Å². The van der Waals surface area contributed by atoms with E-state index in [1.165, 1.54) is 12.1 Å². The van der Waals surface area contributed by atoms with E-state index in [0.29, 0.717) is 19.4 Å². The number of benzene rings is 1. The predicted molar refractivity (Wildman–Crippen MR) is 76.0 cm³/mol. The van der Waals surface area contributed by atoms with E-state index in [2.05, 4.69) is 0 Å². The summed E-state index contributed by atoms with van der Waals surface area (Å²) in [6, 6.07) is 6.21. The summed E-state index contributed by atoms with van der Waals surface area (Å²) in [5, 5.41) is 0. The average molecular weight is 293 g/mol. The van der Waals surface area contributed by atoms with Gasteiger partial charge in [-0.05, 0) is 30.5 Å².